The minimum absolute atomic E-state index is 0.0589. The molecule has 1 saturated heterocycles. The number of benzene rings is 2. The van der Waals surface area contributed by atoms with Gasteiger partial charge in [0.05, 0.1) is 22.8 Å². The highest BCUT2D eigenvalue weighted by Gasteiger charge is 2.38. The molecule has 0 N–H and O–H groups in total. The lowest BCUT2D eigenvalue weighted by Crippen LogP contribution is -2.41. The molecule has 1 aliphatic rings. The van der Waals surface area contributed by atoms with E-state index in [1.807, 2.05) is 67.4 Å². The molecule has 0 aliphatic carbocycles. The van der Waals surface area contributed by atoms with Crippen molar-refractivity contribution >= 4 is 34.3 Å². The molecule has 26 heavy (non-hydrogen) atoms. The van der Waals surface area contributed by atoms with Gasteiger partial charge in [0.25, 0.3) is 0 Å². The van der Waals surface area contributed by atoms with Crippen LogP contribution in [0.25, 0.3) is 11.1 Å². The van der Waals surface area contributed by atoms with E-state index >= 15 is 0 Å². The zero-order valence-corrected chi connectivity index (χ0v) is 15.5. The van der Waals surface area contributed by atoms with Gasteiger partial charge < -0.3 is 9.32 Å². The van der Waals surface area contributed by atoms with Crippen LogP contribution in [0.3, 0.4) is 0 Å². The number of para-hydroxylation sites is 3. The van der Waals surface area contributed by atoms with Gasteiger partial charge in [0.15, 0.2) is 5.58 Å². The standard InChI is InChI=1S/C20H20ClN3O2/c1-13(19-22-15-8-4-6-10-18(15)26-19)23(2)17-11-12-24(20(17)25)16-9-5-3-7-14(16)21/h3-10,13,17H,11-12H2,1-2H3/t13-,17+/m0/s1. The van der Waals surface area contributed by atoms with E-state index in [0.29, 0.717) is 17.5 Å². The predicted octanol–water partition coefficient (Wildman–Crippen LogP) is 4.28. The summed E-state index contributed by atoms with van der Waals surface area (Å²) >= 11 is 6.27. The first-order chi connectivity index (χ1) is 12.6. The van der Waals surface area contributed by atoms with Gasteiger partial charge in [-0.3, -0.25) is 9.69 Å². The second-order valence-corrected chi connectivity index (χ2v) is 7.01. The van der Waals surface area contributed by atoms with Crippen molar-refractivity contribution in [3.8, 4) is 0 Å². The Morgan fingerprint density at radius 3 is 2.73 bits per heavy atom. The molecule has 0 unspecified atom stereocenters. The second kappa shape index (κ2) is 6.74. The number of carbonyl (C=O) groups is 1. The molecule has 0 bridgehead atoms. The maximum absolute atomic E-state index is 13.0. The summed E-state index contributed by atoms with van der Waals surface area (Å²) in [6.07, 6.45) is 0.741. The van der Waals surface area contributed by atoms with Gasteiger partial charge in [0, 0.05) is 6.54 Å². The van der Waals surface area contributed by atoms with E-state index in [9.17, 15) is 4.79 Å². The van der Waals surface area contributed by atoms with Crippen LogP contribution in [0.4, 0.5) is 5.69 Å². The van der Waals surface area contributed by atoms with Crippen molar-refractivity contribution in [3.05, 3.63) is 59.4 Å². The van der Waals surface area contributed by atoms with Crippen LogP contribution in [-0.4, -0.2) is 35.4 Å². The average molecular weight is 370 g/mol. The van der Waals surface area contributed by atoms with Gasteiger partial charge in [-0.2, -0.15) is 0 Å². The second-order valence-electron chi connectivity index (χ2n) is 6.61. The Kier molecular flexibility index (Phi) is 4.42. The minimum Gasteiger partial charge on any atom is -0.439 e. The summed E-state index contributed by atoms with van der Waals surface area (Å²) in [6.45, 7) is 2.66. The third kappa shape index (κ3) is 2.87. The molecule has 0 saturated carbocycles. The first kappa shape index (κ1) is 17.1. The van der Waals surface area contributed by atoms with Gasteiger partial charge in [-0.1, -0.05) is 35.9 Å². The summed E-state index contributed by atoms with van der Waals surface area (Å²) in [5, 5.41) is 0.594. The highest BCUT2D eigenvalue weighted by molar-refractivity contribution is 6.33. The van der Waals surface area contributed by atoms with Crippen LogP contribution in [0.2, 0.25) is 5.02 Å². The van der Waals surface area contributed by atoms with Gasteiger partial charge in [0.1, 0.15) is 5.52 Å². The van der Waals surface area contributed by atoms with Crippen molar-refractivity contribution in [2.75, 3.05) is 18.5 Å². The molecule has 2 heterocycles. The molecule has 1 aromatic heterocycles. The zero-order chi connectivity index (χ0) is 18.3. The number of amides is 1. The van der Waals surface area contributed by atoms with E-state index in [0.717, 1.165) is 23.2 Å². The zero-order valence-electron chi connectivity index (χ0n) is 14.7. The highest BCUT2D eigenvalue weighted by Crippen LogP contribution is 2.33. The number of fused-ring (bicyclic) bond motifs is 1. The Morgan fingerprint density at radius 1 is 1.23 bits per heavy atom. The number of carbonyl (C=O) groups excluding carboxylic acids is 1. The normalized spacial score (nSPS) is 18.8. The van der Waals surface area contributed by atoms with Crippen LogP contribution >= 0.6 is 11.6 Å². The van der Waals surface area contributed by atoms with Crippen molar-refractivity contribution in [2.24, 2.45) is 0 Å². The summed E-state index contributed by atoms with van der Waals surface area (Å²) in [6, 6.07) is 14.8. The molecule has 5 nitrogen and oxygen atoms in total. The predicted molar refractivity (Wildman–Crippen MR) is 102 cm³/mol. The molecule has 4 rings (SSSR count). The number of halogens is 1. The maximum atomic E-state index is 13.0. The van der Waals surface area contributed by atoms with Gasteiger partial charge in [-0.15, -0.1) is 0 Å². The van der Waals surface area contributed by atoms with Crippen molar-refractivity contribution in [1.82, 2.24) is 9.88 Å². The molecule has 1 fully saturated rings. The van der Waals surface area contributed by atoms with Crippen molar-refractivity contribution in [1.29, 1.82) is 0 Å². The smallest absolute Gasteiger partial charge is 0.244 e. The molecule has 0 spiro atoms. The van der Waals surface area contributed by atoms with Gasteiger partial charge in [0.2, 0.25) is 11.8 Å². The van der Waals surface area contributed by atoms with Crippen LogP contribution in [0, 0.1) is 0 Å². The molecule has 3 aromatic rings. The van der Waals surface area contributed by atoms with Crippen LogP contribution < -0.4 is 4.90 Å². The minimum atomic E-state index is -0.226. The summed E-state index contributed by atoms with van der Waals surface area (Å²) in [5.41, 5.74) is 2.36. The van der Waals surface area contributed by atoms with Crippen LogP contribution in [-0.2, 0) is 4.79 Å². The van der Waals surface area contributed by atoms with Crippen molar-refractivity contribution in [2.45, 2.75) is 25.4 Å². The first-order valence-electron chi connectivity index (χ1n) is 8.69. The SMILES string of the molecule is C[C@@H](c1nc2ccccc2o1)N(C)[C@@H]1CCN(c2ccccc2Cl)C1=O. The summed E-state index contributed by atoms with van der Waals surface area (Å²) < 4.78 is 5.88. The molecule has 2 aromatic carbocycles. The van der Waals surface area contributed by atoms with E-state index in [4.69, 9.17) is 16.0 Å². The molecule has 2 atom stereocenters. The van der Waals surface area contributed by atoms with E-state index in [-0.39, 0.29) is 18.0 Å². The van der Waals surface area contributed by atoms with Crippen molar-refractivity contribution in [3.63, 3.8) is 0 Å². The Balaban J connectivity index is 1.55. The number of likely N-dealkylation sites (N-methyl/N-ethyl adjacent to an activating group) is 1. The first-order valence-corrected chi connectivity index (χ1v) is 9.07. The molecule has 134 valence electrons. The molecule has 1 aliphatic heterocycles. The Labute approximate surface area is 157 Å². The summed E-state index contributed by atoms with van der Waals surface area (Å²) in [7, 11) is 1.94. The Bertz CT molecular complexity index is 922. The topological polar surface area (TPSA) is 49.6 Å². The van der Waals surface area contributed by atoms with Crippen LogP contribution in [0.15, 0.2) is 52.9 Å². The fourth-order valence-electron chi connectivity index (χ4n) is 3.47. The third-order valence-corrected chi connectivity index (χ3v) is 5.41. The maximum Gasteiger partial charge on any atom is 0.244 e. The molecule has 1 amide bonds. The lowest BCUT2D eigenvalue weighted by molar-refractivity contribution is -0.122. The van der Waals surface area contributed by atoms with E-state index < -0.39 is 0 Å². The molecular weight excluding hydrogens is 350 g/mol. The number of rotatable bonds is 4. The van der Waals surface area contributed by atoms with E-state index in [1.165, 1.54) is 0 Å². The lowest BCUT2D eigenvalue weighted by Gasteiger charge is -2.27. The van der Waals surface area contributed by atoms with Gasteiger partial charge >= 0.3 is 0 Å². The van der Waals surface area contributed by atoms with E-state index in [1.54, 1.807) is 4.90 Å². The van der Waals surface area contributed by atoms with Crippen molar-refractivity contribution < 1.29 is 9.21 Å². The number of oxazole rings is 1. The number of hydrogen-bond acceptors (Lipinski definition) is 4. The van der Waals surface area contributed by atoms with Gasteiger partial charge in [-0.05, 0) is 44.7 Å². The monoisotopic (exact) mass is 369 g/mol. The van der Waals surface area contributed by atoms with Gasteiger partial charge in [-0.25, -0.2) is 4.98 Å². The third-order valence-electron chi connectivity index (χ3n) is 5.09. The summed E-state index contributed by atoms with van der Waals surface area (Å²) in [5.74, 6) is 0.682. The largest absolute Gasteiger partial charge is 0.439 e. The molecule has 0 radical (unpaired) electrons. The molecular formula is C20H20ClN3O2. The van der Waals surface area contributed by atoms with Crippen LogP contribution in [0.1, 0.15) is 25.3 Å². The summed E-state index contributed by atoms with van der Waals surface area (Å²) in [4.78, 5) is 21.3. The quantitative estimate of drug-likeness (QED) is 0.688. The lowest BCUT2D eigenvalue weighted by atomic mass is 10.1. The number of anilines is 1. The number of nitrogens with zero attached hydrogens (tertiary/aromatic N) is 3. The fourth-order valence-corrected chi connectivity index (χ4v) is 3.70. The highest BCUT2D eigenvalue weighted by atomic mass is 35.5. The Hall–Kier alpha value is -2.37. The molecule has 6 heteroatoms. The fraction of sp³-hybridized carbons (Fsp3) is 0.300. The number of hydrogen-bond donors (Lipinski definition) is 0. The van der Waals surface area contributed by atoms with Crippen LogP contribution in [0.5, 0.6) is 0 Å². The average Bonchev–Trinajstić information content (AvgIpc) is 3.24. The van der Waals surface area contributed by atoms with E-state index in [2.05, 4.69) is 4.98 Å². The Morgan fingerprint density at radius 2 is 1.96 bits per heavy atom. The number of aromatic nitrogens is 1.